The Kier molecular flexibility index (Phi) is 4.45. The quantitative estimate of drug-likeness (QED) is 0.827. The molecular weight excluding hydrogens is 236 g/mol. The van der Waals surface area contributed by atoms with E-state index in [-0.39, 0.29) is 0 Å². The first-order valence-electron chi connectivity index (χ1n) is 8.39. The molecule has 3 nitrogen and oxygen atoms in total. The molecule has 3 heteroatoms. The van der Waals surface area contributed by atoms with Gasteiger partial charge in [-0.25, -0.2) is 0 Å². The largest absolute Gasteiger partial charge is 0.374 e. The summed E-state index contributed by atoms with van der Waals surface area (Å²) in [5.41, 5.74) is 0. The predicted octanol–water partition coefficient (Wildman–Crippen LogP) is 2.41. The topological polar surface area (TPSA) is 24.5 Å². The molecule has 3 fully saturated rings. The lowest BCUT2D eigenvalue weighted by molar-refractivity contribution is 0.00653. The van der Waals surface area contributed by atoms with Crippen LogP contribution in [0.5, 0.6) is 0 Å². The minimum atomic E-state index is 0.485. The molecule has 0 bridgehead atoms. The summed E-state index contributed by atoms with van der Waals surface area (Å²) in [6.45, 7) is 8.13. The SMILES string of the molecule is CCCC1CN(CC2CCC(C)O2)C(C2CC2)CN1. The third-order valence-corrected chi connectivity index (χ3v) is 5.10. The lowest BCUT2D eigenvalue weighted by Gasteiger charge is -2.41. The zero-order chi connectivity index (χ0) is 13.2. The normalized spacial score (nSPS) is 40.7. The van der Waals surface area contributed by atoms with Crippen LogP contribution in [0.25, 0.3) is 0 Å². The van der Waals surface area contributed by atoms with E-state index in [2.05, 4.69) is 24.1 Å². The maximum absolute atomic E-state index is 6.05. The second-order valence-electron chi connectivity index (χ2n) is 6.90. The Morgan fingerprint density at radius 1 is 1.21 bits per heavy atom. The molecule has 110 valence electrons. The number of nitrogens with zero attached hydrogens (tertiary/aromatic N) is 1. The number of rotatable bonds is 5. The molecule has 19 heavy (non-hydrogen) atoms. The fraction of sp³-hybridized carbons (Fsp3) is 1.00. The van der Waals surface area contributed by atoms with E-state index in [4.69, 9.17) is 4.74 Å². The molecular formula is C16H30N2O. The summed E-state index contributed by atoms with van der Waals surface area (Å²) in [5.74, 6) is 0.967. The molecule has 1 saturated carbocycles. The predicted molar refractivity (Wildman–Crippen MR) is 78.4 cm³/mol. The summed E-state index contributed by atoms with van der Waals surface area (Å²) in [4.78, 5) is 2.76. The van der Waals surface area contributed by atoms with Crippen LogP contribution in [0, 0.1) is 5.92 Å². The lowest BCUT2D eigenvalue weighted by atomic mass is 10.0. The average molecular weight is 266 g/mol. The number of piperazine rings is 1. The van der Waals surface area contributed by atoms with E-state index >= 15 is 0 Å². The van der Waals surface area contributed by atoms with Gasteiger partial charge in [0.2, 0.25) is 0 Å². The number of nitrogens with one attached hydrogen (secondary N) is 1. The van der Waals surface area contributed by atoms with Crippen molar-refractivity contribution in [1.29, 1.82) is 0 Å². The summed E-state index contributed by atoms with van der Waals surface area (Å²) in [7, 11) is 0. The van der Waals surface area contributed by atoms with Crippen LogP contribution in [0.4, 0.5) is 0 Å². The second kappa shape index (κ2) is 6.11. The monoisotopic (exact) mass is 266 g/mol. The number of hydrogen-bond acceptors (Lipinski definition) is 3. The van der Waals surface area contributed by atoms with Crippen molar-refractivity contribution in [3.8, 4) is 0 Å². The van der Waals surface area contributed by atoms with Crippen molar-refractivity contribution in [3.05, 3.63) is 0 Å². The highest BCUT2D eigenvalue weighted by molar-refractivity contribution is 4.96. The molecule has 0 amide bonds. The van der Waals surface area contributed by atoms with Crippen molar-refractivity contribution in [2.45, 2.75) is 76.7 Å². The standard InChI is InChI=1S/C16H30N2O/c1-3-4-14-10-18(11-15-8-5-12(2)19-15)16(9-17-14)13-6-7-13/h12-17H,3-11H2,1-2H3. The van der Waals surface area contributed by atoms with Gasteiger partial charge in [-0.05, 0) is 44.9 Å². The van der Waals surface area contributed by atoms with Gasteiger partial charge in [0, 0.05) is 31.7 Å². The summed E-state index contributed by atoms with van der Waals surface area (Å²) in [6, 6.07) is 1.49. The van der Waals surface area contributed by atoms with Crippen LogP contribution in [0.1, 0.15) is 52.4 Å². The van der Waals surface area contributed by atoms with Crippen molar-refractivity contribution < 1.29 is 4.74 Å². The van der Waals surface area contributed by atoms with Gasteiger partial charge in [0.25, 0.3) is 0 Å². The van der Waals surface area contributed by atoms with E-state index in [0.29, 0.717) is 18.2 Å². The van der Waals surface area contributed by atoms with Crippen LogP contribution < -0.4 is 5.32 Å². The molecule has 0 spiro atoms. The lowest BCUT2D eigenvalue weighted by Crippen LogP contribution is -2.58. The molecule has 3 rings (SSSR count). The molecule has 1 N–H and O–H groups in total. The van der Waals surface area contributed by atoms with Crippen LogP contribution in [-0.4, -0.2) is 48.8 Å². The van der Waals surface area contributed by atoms with Crippen LogP contribution in [0.3, 0.4) is 0 Å². The smallest absolute Gasteiger partial charge is 0.0706 e. The van der Waals surface area contributed by atoms with Gasteiger partial charge < -0.3 is 10.1 Å². The average Bonchev–Trinajstić information content (AvgIpc) is 3.14. The molecule has 0 aromatic carbocycles. The van der Waals surface area contributed by atoms with E-state index in [0.717, 1.165) is 12.0 Å². The first-order chi connectivity index (χ1) is 9.26. The van der Waals surface area contributed by atoms with E-state index in [1.54, 1.807) is 0 Å². The van der Waals surface area contributed by atoms with Crippen molar-refractivity contribution in [2.75, 3.05) is 19.6 Å². The second-order valence-corrected chi connectivity index (χ2v) is 6.90. The van der Waals surface area contributed by atoms with E-state index in [1.165, 1.54) is 58.2 Å². The Balaban J connectivity index is 1.56. The van der Waals surface area contributed by atoms with Gasteiger partial charge in [-0.1, -0.05) is 13.3 Å². The van der Waals surface area contributed by atoms with Gasteiger partial charge in [0.15, 0.2) is 0 Å². The van der Waals surface area contributed by atoms with Gasteiger partial charge in [-0.15, -0.1) is 0 Å². The minimum Gasteiger partial charge on any atom is -0.374 e. The molecule has 0 radical (unpaired) electrons. The first-order valence-corrected chi connectivity index (χ1v) is 8.39. The van der Waals surface area contributed by atoms with Crippen molar-refractivity contribution in [1.82, 2.24) is 10.2 Å². The van der Waals surface area contributed by atoms with Crippen LogP contribution >= 0.6 is 0 Å². The summed E-state index contributed by atoms with van der Waals surface area (Å²) in [6.07, 6.45) is 9.00. The van der Waals surface area contributed by atoms with Crippen molar-refractivity contribution in [2.24, 2.45) is 5.92 Å². The van der Waals surface area contributed by atoms with Gasteiger partial charge in [-0.3, -0.25) is 4.90 Å². The molecule has 2 saturated heterocycles. The summed E-state index contributed by atoms with van der Waals surface area (Å²) < 4.78 is 6.05. The maximum atomic E-state index is 6.05. The molecule has 4 atom stereocenters. The Morgan fingerprint density at radius 2 is 2.05 bits per heavy atom. The first kappa shape index (κ1) is 13.8. The van der Waals surface area contributed by atoms with Gasteiger partial charge >= 0.3 is 0 Å². The highest BCUT2D eigenvalue weighted by Crippen LogP contribution is 2.37. The van der Waals surface area contributed by atoms with E-state index < -0.39 is 0 Å². The third-order valence-electron chi connectivity index (χ3n) is 5.10. The van der Waals surface area contributed by atoms with Gasteiger partial charge in [-0.2, -0.15) is 0 Å². The zero-order valence-electron chi connectivity index (χ0n) is 12.6. The maximum Gasteiger partial charge on any atom is 0.0706 e. The minimum absolute atomic E-state index is 0.485. The van der Waals surface area contributed by atoms with Gasteiger partial charge in [0.05, 0.1) is 12.2 Å². The molecule has 2 aliphatic heterocycles. The van der Waals surface area contributed by atoms with Gasteiger partial charge in [0.1, 0.15) is 0 Å². The fourth-order valence-corrected chi connectivity index (χ4v) is 3.88. The number of hydrogen-bond donors (Lipinski definition) is 1. The molecule has 0 aromatic heterocycles. The molecule has 4 unspecified atom stereocenters. The summed E-state index contributed by atoms with van der Waals surface area (Å²) >= 11 is 0. The van der Waals surface area contributed by atoms with Crippen molar-refractivity contribution >= 4 is 0 Å². The molecule has 2 heterocycles. The molecule has 1 aliphatic carbocycles. The highest BCUT2D eigenvalue weighted by atomic mass is 16.5. The zero-order valence-corrected chi connectivity index (χ0v) is 12.6. The van der Waals surface area contributed by atoms with Crippen LogP contribution in [-0.2, 0) is 4.74 Å². The Labute approximate surface area is 118 Å². The van der Waals surface area contributed by atoms with Crippen LogP contribution in [0.15, 0.2) is 0 Å². The summed E-state index contributed by atoms with van der Waals surface area (Å²) in [5, 5.41) is 3.77. The van der Waals surface area contributed by atoms with Crippen molar-refractivity contribution in [3.63, 3.8) is 0 Å². The highest BCUT2D eigenvalue weighted by Gasteiger charge is 2.39. The Hall–Kier alpha value is -0.120. The number of ether oxygens (including phenoxy) is 1. The molecule has 0 aromatic rings. The van der Waals surface area contributed by atoms with Crippen LogP contribution in [0.2, 0.25) is 0 Å². The Bertz CT molecular complexity index is 292. The van der Waals surface area contributed by atoms with E-state index in [9.17, 15) is 0 Å². The third kappa shape index (κ3) is 3.50. The Morgan fingerprint density at radius 3 is 2.68 bits per heavy atom. The molecule has 3 aliphatic rings. The fourth-order valence-electron chi connectivity index (χ4n) is 3.88. The van der Waals surface area contributed by atoms with E-state index in [1.807, 2.05) is 0 Å².